The molecule has 3 rings (SSSR count). The minimum atomic E-state index is -0.465. The minimum absolute atomic E-state index is 0.0123. The summed E-state index contributed by atoms with van der Waals surface area (Å²) in [5, 5.41) is 10.8. The van der Waals surface area contributed by atoms with Crippen LogP contribution >= 0.6 is 15.9 Å². The van der Waals surface area contributed by atoms with Gasteiger partial charge in [-0.1, -0.05) is 28.1 Å². The monoisotopic (exact) mass is 359 g/mol. The zero-order valence-corrected chi connectivity index (χ0v) is 12.9. The lowest BCUT2D eigenvalue weighted by Crippen LogP contribution is -2.19. The molecule has 0 unspecified atom stereocenters. The van der Waals surface area contributed by atoms with E-state index in [0.717, 1.165) is 4.47 Å². The van der Waals surface area contributed by atoms with Gasteiger partial charge in [0.25, 0.3) is 5.69 Å². The van der Waals surface area contributed by atoms with E-state index in [1.54, 1.807) is 36.4 Å². The smallest absolute Gasteiger partial charge is 0.270 e. The number of benzene rings is 2. The number of nitrogens with zero attached hydrogens (tertiary/aromatic N) is 1. The second-order valence-corrected chi connectivity index (χ2v) is 5.70. The molecule has 0 saturated heterocycles. The molecule has 1 aliphatic rings. The summed E-state index contributed by atoms with van der Waals surface area (Å²) in [4.78, 5) is 22.8. The molecule has 6 heteroatoms. The Kier molecular flexibility index (Phi) is 3.77. The number of nitro groups is 1. The van der Waals surface area contributed by atoms with Crippen LogP contribution in [0, 0.1) is 10.1 Å². The molecule has 0 amide bonds. The van der Waals surface area contributed by atoms with Gasteiger partial charge in [0, 0.05) is 22.2 Å². The van der Waals surface area contributed by atoms with Crippen LogP contribution in [0.3, 0.4) is 0 Å². The van der Waals surface area contributed by atoms with E-state index in [0.29, 0.717) is 22.4 Å². The third-order valence-electron chi connectivity index (χ3n) is 3.28. The highest BCUT2D eigenvalue weighted by Crippen LogP contribution is 2.30. The van der Waals surface area contributed by atoms with E-state index in [1.165, 1.54) is 12.1 Å². The highest BCUT2D eigenvalue weighted by Gasteiger charge is 2.23. The van der Waals surface area contributed by atoms with Gasteiger partial charge in [-0.25, -0.2) is 0 Å². The molecular formula is C16H10BrNO4. The Bertz CT molecular complexity index is 814. The first-order chi connectivity index (χ1) is 10.5. The average Bonchev–Trinajstić information content (AvgIpc) is 2.51. The van der Waals surface area contributed by atoms with Gasteiger partial charge in [-0.2, -0.15) is 0 Å². The van der Waals surface area contributed by atoms with Crippen molar-refractivity contribution in [1.29, 1.82) is 0 Å². The number of non-ortho nitro benzene ring substituents is 1. The maximum Gasteiger partial charge on any atom is 0.270 e. The topological polar surface area (TPSA) is 69.4 Å². The van der Waals surface area contributed by atoms with Crippen molar-refractivity contribution in [3.8, 4) is 5.75 Å². The first-order valence-corrected chi connectivity index (χ1v) is 7.26. The average molecular weight is 360 g/mol. The summed E-state index contributed by atoms with van der Waals surface area (Å²) in [7, 11) is 0. The Labute approximate surface area is 134 Å². The number of fused-ring (bicyclic) bond motifs is 1. The summed E-state index contributed by atoms with van der Waals surface area (Å²) in [6.07, 6.45) is 1.62. The van der Waals surface area contributed by atoms with E-state index >= 15 is 0 Å². The standard InChI is InChI=1S/C16H10BrNO4/c17-12-4-5-15-14(8-12)16(19)11(9-22-15)6-10-2-1-3-13(7-10)18(20)21/h1-8H,9H2/b11-6+. The van der Waals surface area contributed by atoms with Crippen molar-refractivity contribution in [1.82, 2.24) is 0 Å². The molecule has 22 heavy (non-hydrogen) atoms. The summed E-state index contributed by atoms with van der Waals surface area (Å²) >= 11 is 3.33. The van der Waals surface area contributed by atoms with Gasteiger partial charge in [-0.15, -0.1) is 0 Å². The number of ketones is 1. The number of ether oxygens (including phenoxy) is 1. The molecule has 0 atom stereocenters. The number of hydrogen-bond donors (Lipinski definition) is 0. The Morgan fingerprint density at radius 2 is 2.05 bits per heavy atom. The molecule has 1 heterocycles. The van der Waals surface area contributed by atoms with Crippen molar-refractivity contribution >= 4 is 33.5 Å². The summed E-state index contributed by atoms with van der Waals surface area (Å²) in [6.45, 7) is 0.149. The Morgan fingerprint density at radius 3 is 2.82 bits per heavy atom. The van der Waals surface area contributed by atoms with Gasteiger partial charge in [0.15, 0.2) is 5.78 Å². The number of Topliss-reactive ketones (excluding diaryl/α,β-unsaturated/α-hetero) is 1. The molecule has 0 N–H and O–H groups in total. The van der Waals surface area contributed by atoms with Gasteiger partial charge in [-0.3, -0.25) is 14.9 Å². The number of rotatable bonds is 2. The van der Waals surface area contributed by atoms with Crippen LogP contribution in [-0.4, -0.2) is 17.3 Å². The molecule has 0 radical (unpaired) electrons. The van der Waals surface area contributed by atoms with Gasteiger partial charge in [-0.05, 0) is 29.8 Å². The van der Waals surface area contributed by atoms with E-state index in [2.05, 4.69) is 15.9 Å². The third-order valence-corrected chi connectivity index (χ3v) is 3.78. The van der Waals surface area contributed by atoms with Crippen LogP contribution in [0.4, 0.5) is 5.69 Å². The van der Waals surface area contributed by atoms with Crippen LogP contribution in [0.1, 0.15) is 15.9 Å². The van der Waals surface area contributed by atoms with Crippen LogP contribution < -0.4 is 4.74 Å². The third kappa shape index (κ3) is 2.78. The first-order valence-electron chi connectivity index (χ1n) is 6.46. The highest BCUT2D eigenvalue weighted by atomic mass is 79.9. The van der Waals surface area contributed by atoms with Crippen molar-refractivity contribution < 1.29 is 14.5 Å². The molecule has 0 bridgehead atoms. The predicted molar refractivity (Wildman–Crippen MR) is 85.0 cm³/mol. The largest absolute Gasteiger partial charge is 0.488 e. The van der Waals surface area contributed by atoms with Crippen LogP contribution in [0.25, 0.3) is 6.08 Å². The Hall–Kier alpha value is -2.47. The van der Waals surface area contributed by atoms with Crippen molar-refractivity contribution in [2.24, 2.45) is 0 Å². The predicted octanol–water partition coefficient (Wildman–Crippen LogP) is 4.02. The number of carbonyl (C=O) groups is 1. The highest BCUT2D eigenvalue weighted by molar-refractivity contribution is 9.10. The zero-order valence-electron chi connectivity index (χ0n) is 11.3. The van der Waals surface area contributed by atoms with Crippen LogP contribution in [0.5, 0.6) is 5.75 Å². The second-order valence-electron chi connectivity index (χ2n) is 4.78. The lowest BCUT2D eigenvalue weighted by molar-refractivity contribution is -0.384. The molecule has 5 nitrogen and oxygen atoms in total. The van der Waals surface area contributed by atoms with E-state index in [9.17, 15) is 14.9 Å². The molecule has 2 aromatic rings. The summed E-state index contributed by atoms with van der Waals surface area (Å²) in [5.74, 6) is 0.415. The molecule has 110 valence electrons. The molecule has 0 saturated carbocycles. The van der Waals surface area contributed by atoms with E-state index in [1.807, 2.05) is 0 Å². The Morgan fingerprint density at radius 1 is 1.23 bits per heavy atom. The fraction of sp³-hybridized carbons (Fsp3) is 0.0625. The van der Waals surface area contributed by atoms with Crippen molar-refractivity contribution in [2.45, 2.75) is 0 Å². The molecule has 1 aliphatic heterocycles. The van der Waals surface area contributed by atoms with Crippen LogP contribution in [0.2, 0.25) is 0 Å². The lowest BCUT2D eigenvalue weighted by atomic mass is 9.98. The number of hydrogen-bond acceptors (Lipinski definition) is 4. The lowest BCUT2D eigenvalue weighted by Gasteiger charge is -2.19. The maximum absolute atomic E-state index is 12.5. The fourth-order valence-electron chi connectivity index (χ4n) is 2.24. The summed E-state index contributed by atoms with van der Waals surface area (Å²) in [6, 6.07) is 11.4. The maximum atomic E-state index is 12.5. The molecule has 0 fully saturated rings. The van der Waals surface area contributed by atoms with Gasteiger partial charge in [0.05, 0.1) is 10.5 Å². The normalized spacial score (nSPS) is 15.3. The van der Waals surface area contributed by atoms with Gasteiger partial charge < -0.3 is 4.74 Å². The van der Waals surface area contributed by atoms with Crippen LogP contribution in [-0.2, 0) is 0 Å². The van der Waals surface area contributed by atoms with E-state index < -0.39 is 4.92 Å². The number of nitro benzene ring substituents is 1. The van der Waals surface area contributed by atoms with Crippen molar-refractivity contribution in [3.05, 3.63) is 73.8 Å². The fourth-order valence-corrected chi connectivity index (χ4v) is 2.60. The molecule has 0 aromatic heterocycles. The summed E-state index contributed by atoms with van der Waals surface area (Å²) < 4.78 is 6.36. The van der Waals surface area contributed by atoms with Crippen molar-refractivity contribution in [3.63, 3.8) is 0 Å². The molecule has 2 aromatic carbocycles. The van der Waals surface area contributed by atoms with Gasteiger partial charge in [0.2, 0.25) is 0 Å². The Balaban J connectivity index is 1.98. The zero-order chi connectivity index (χ0) is 15.7. The molecule has 0 aliphatic carbocycles. The molecule has 0 spiro atoms. The quantitative estimate of drug-likeness (QED) is 0.461. The van der Waals surface area contributed by atoms with Gasteiger partial charge >= 0.3 is 0 Å². The number of halogens is 1. The van der Waals surface area contributed by atoms with Crippen molar-refractivity contribution in [2.75, 3.05) is 6.61 Å². The first kappa shape index (κ1) is 14.5. The second kappa shape index (κ2) is 5.73. The van der Waals surface area contributed by atoms with E-state index in [-0.39, 0.29) is 18.1 Å². The summed E-state index contributed by atoms with van der Waals surface area (Å²) in [5.41, 5.74) is 1.53. The van der Waals surface area contributed by atoms with Gasteiger partial charge in [0.1, 0.15) is 12.4 Å². The minimum Gasteiger partial charge on any atom is -0.488 e. The van der Waals surface area contributed by atoms with Crippen LogP contribution in [0.15, 0.2) is 52.5 Å². The SMILES string of the molecule is O=C1/C(=C/c2cccc([N+](=O)[O-])c2)COc2ccc(Br)cc21. The number of carbonyl (C=O) groups excluding carboxylic acids is 1. The van der Waals surface area contributed by atoms with E-state index in [4.69, 9.17) is 4.74 Å². The molecular weight excluding hydrogens is 350 g/mol.